The summed E-state index contributed by atoms with van der Waals surface area (Å²) in [5.74, 6) is 0.542. The Morgan fingerprint density at radius 1 is 1.35 bits per heavy atom. The number of anilines is 1. The fourth-order valence-electron chi connectivity index (χ4n) is 2.94. The van der Waals surface area contributed by atoms with Crippen LogP contribution < -0.4 is 5.73 Å². The average molecular weight is 272 g/mol. The highest BCUT2D eigenvalue weighted by molar-refractivity contribution is 5.86. The number of benzene rings is 1. The Kier molecular flexibility index (Phi) is 3.12. The lowest BCUT2D eigenvalue weighted by molar-refractivity contribution is -0.133. The van der Waals surface area contributed by atoms with Crippen LogP contribution in [-0.2, 0) is 4.79 Å². The molecule has 1 aliphatic heterocycles. The number of amides is 1. The molecule has 0 radical (unpaired) electrons. The molecule has 1 atom stereocenters. The third kappa shape index (κ3) is 2.03. The molecule has 1 aromatic carbocycles. The molecule has 0 spiro atoms. The van der Waals surface area contributed by atoms with Gasteiger partial charge in [0.15, 0.2) is 0 Å². The molecular formula is C15H20N4O. The van der Waals surface area contributed by atoms with Crippen molar-refractivity contribution in [2.75, 3.05) is 18.8 Å². The maximum Gasteiger partial charge on any atom is 0.245 e. The number of aryl methyl sites for hydroxylation is 1. The van der Waals surface area contributed by atoms with E-state index >= 15 is 0 Å². The van der Waals surface area contributed by atoms with Crippen LogP contribution in [0.1, 0.15) is 31.4 Å². The summed E-state index contributed by atoms with van der Waals surface area (Å²) in [5, 5.41) is 0. The molecule has 1 saturated heterocycles. The number of imidazole rings is 1. The van der Waals surface area contributed by atoms with Gasteiger partial charge in [0, 0.05) is 13.1 Å². The predicted molar refractivity (Wildman–Crippen MR) is 79.4 cm³/mol. The summed E-state index contributed by atoms with van der Waals surface area (Å²) >= 11 is 0. The lowest BCUT2D eigenvalue weighted by atomic mass is 10.2. The van der Waals surface area contributed by atoms with Crippen LogP contribution >= 0.6 is 0 Å². The lowest BCUT2D eigenvalue weighted by Gasteiger charge is -2.22. The molecule has 20 heavy (non-hydrogen) atoms. The normalized spacial score (nSPS) is 16.8. The van der Waals surface area contributed by atoms with Gasteiger partial charge in [-0.1, -0.05) is 6.07 Å². The van der Waals surface area contributed by atoms with E-state index in [1.54, 1.807) is 0 Å². The van der Waals surface area contributed by atoms with Gasteiger partial charge in [-0.25, -0.2) is 4.98 Å². The number of hydrogen-bond donors (Lipinski definition) is 1. The van der Waals surface area contributed by atoms with Crippen LogP contribution in [0.15, 0.2) is 18.2 Å². The van der Waals surface area contributed by atoms with E-state index in [9.17, 15) is 4.79 Å². The lowest BCUT2D eigenvalue weighted by Crippen LogP contribution is -2.34. The molecule has 1 unspecified atom stereocenters. The van der Waals surface area contributed by atoms with Crippen molar-refractivity contribution in [1.29, 1.82) is 0 Å². The first-order chi connectivity index (χ1) is 9.58. The summed E-state index contributed by atoms with van der Waals surface area (Å²) in [6.07, 6.45) is 2.19. The van der Waals surface area contributed by atoms with E-state index in [0.29, 0.717) is 5.95 Å². The minimum atomic E-state index is -0.306. The SMILES string of the molecule is Cc1ccc2nc(N)n(C(C)C(=O)N3CCCC3)c2c1. The number of likely N-dealkylation sites (tertiary alicyclic amines) is 1. The van der Waals surface area contributed by atoms with Gasteiger partial charge in [0.2, 0.25) is 11.9 Å². The van der Waals surface area contributed by atoms with Gasteiger partial charge in [0.05, 0.1) is 11.0 Å². The minimum Gasteiger partial charge on any atom is -0.369 e. The second-order valence-electron chi connectivity index (χ2n) is 5.54. The number of aromatic nitrogens is 2. The Morgan fingerprint density at radius 2 is 2.05 bits per heavy atom. The molecule has 1 aliphatic rings. The largest absolute Gasteiger partial charge is 0.369 e. The molecule has 0 saturated carbocycles. The number of nitrogens with two attached hydrogens (primary N) is 1. The van der Waals surface area contributed by atoms with Crippen molar-refractivity contribution in [3.8, 4) is 0 Å². The maximum absolute atomic E-state index is 12.5. The van der Waals surface area contributed by atoms with Gasteiger partial charge in [-0.05, 0) is 44.4 Å². The van der Waals surface area contributed by atoms with Crippen LogP contribution in [0.2, 0.25) is 0 Å². The molecule has 0 aliphatic carbocycles. The molecule has 2 aromatic rings. The van der Waals surface area contributed by atoms with E-state index in [-0.39, 0.29) is 11.9 Å². The second-order valence-corrected chi connectivity index (χ2v) is 5.54. The van der Waals surface area contributed by atoms with Crippen molar-refractivity contribution >= 4 is 22.9 Å². The molecule has 2 N–H and O–H groups in total. The highest BCUT2D eigenvalue weighted by Gasteiger charge is 2.26. The first kappa shape index (κ1) is 13.0. The van der Waals surface area contributed by atoms with Crippen LogP contribution in [0.4, 0.5) is 5.95 Å². The zero-order valence-corrected chi connectivity index (χ0v) is 12.0. The number of carbonyl (C=O) groups is 1. The van der Waals surface area contributed by atoms with Crippen molar-refractivity contribution in [2.24, 2.45) is 0 Å². The molecule has 2 heterocycles. The van der Waals surface area contributed by atoms with Crippen molar-refractivity contribution < 1.29 is 4.79 Å². The summed E-state index contributed by atoms with van der Waals surface area (Å²) in [7, 11) is 0. The third-order valence-corrected chi connectivity index (χ3v) is 4.03. The Hall–Kier alpha value is -2.04. The molecule has 1 aromatic heterocycles. The van der Waals surface area contributed by atoms with Gasteiger partial charge in [-0.2, -0.15) is 0 Å². The number of fused-ring (bicyclic) bond motifs is 1. The number of rotatable bonds is 2. The summed E-state index contributed by atoms with van der Waals surface area (Å²) in [6, 6.07) is 5.68. The first-order valence-corrected chi connectivity index (χ1v) is 7.11. The molecule has 3 rings (SSSR count). The van der Waals surface area contributed by atoms with Crippen LogP contribution in [0, 0.1) is 6.92 Å². The quantitative estimate of drug-likeness (QED) is 0.910. The van der Waals surface area contributed by atoms with Gasteiger partial charge in [-0.3, -0.25) is 9.36 Å². The highest BCUT2D eigenvalue weighted by Crippen LogP contribution is 2.25. The van der Waals surface area contributed by atoms with E-state index < -0.39 is 0 Å². The predicted octanol–water partition coefficient (Wildman–Crippen LogP) is 2.11. The van der Waals surface area contributed by atoms with Crippen LogP contribution in [0.25, 0.3) is 11.0 Å². The van der Waals surface area contributed by atoms with Crippen LogP contribution in [-0.4, -0.2) is 33.4 Å². The molecule has 1 amide bonds. The monoisotopic (exact) mass is 272 g/mol. The maximum atomic E-state index is 12.5. The van der Waals surface area contributed by atoms with E-state index in [4.69, 9.17) is 5.73 Å². The summed E-state index contributed by atoms with van der Waals surface area (Å²) in [5.41, 5.74) is 8.94. The van der Waals surface area contributed by atoms with E-state index in [1.165, 1.54) is 0 Å². The molecule has 5 heteroatoms. The fraction of sp³-hybridized carbons (Fsp3) is 0.467. The smallest absolute Gasteiger partial charge is 0.245 e. The summed E-state index contributed by atoms with van der Waals surface area (Å²) < 4.78 is 1.85. The standard InChI is InChI=1S/C15H20N4O/c1-10-5-6-12-13(9-10)19(15(16)17-12)11(2)14(20)18-7-3-4-8-18/h5-6,9,11H,3-4,7-8H2,1-2H3,(H2,16,17). The van der Waals surface area contributed by atoms with Crippen molar-refractivity contribution in [3.05, 3.63) is 23.8 Å². The number of nitrogen functional groups attached to an aromatic ring is 1. The number of hydrogen-bond acceptors (Lipinski definition) is 3. The molecule has 1 fully saturated rings. The van der Waals surface area contributed by atoms with E-state index in [1.807, 2.05) is 41.5 Å². The number of carbonyl (C=O) groups excluding carboxylic acids is 1. The zero-order chi connectivity index (χ0) is 14.3. The third-order valence-electron chi connectivity index (χ3n) is 4.03. The summed E-state index contributed by atoms with van der Waals surface area (Å²) in [4.78, 5) is 18.8. The fourth-order valence-corrected chi connectivity index (χ4v) is 2.94. The van der Waals surface area contributed by atoms with Gasteiger partial charge >= 0.3 is 0 Å². The molecular weight excluding hydrogens is 252 g/mol. The minimum absolute atomic E-state index is 0.134. The van der Waals surface area contributed by atoms with E-state index in [2.05, 4.69) is 4.98 Å². The van der Waals surface area contributed by atoms with Crippen LogP contribution in [0.5, 0.6) is 0 Å². The molecule has 0 bridgehead atoms. The molecule has 106 valence electrons. The topological polar surface area (TPSA) is 64.1 Å². The van der Waals surface area contributed by atoms with Gasteiger partial charge < -0.3 is 10.6 Å². The Labute approximate surface area is 118 Å². The van der Waals surface area contributed by atoms with Gasteiger partial charge in [0.25, 0.3) is 0 Å². The van der Waals surface area contributed by atoms with Crippen molar-refractivity contribution in [1.82, 2.24) is 14.5 Å². The van der Waals surface area contributed by atoms with Gasteiger partial charge in [-0.15, -0.1) is 0 Å². The second kappa shape index (κ2) is 4.81. The number of nitrogens with zero attached hydrogens (tertiary/aromatic N) is 3. The Balaban J connectivity index is 2.02. The first-order valence-electron chi connectivity index (χ1n) is 7.11. The molecule has 5 nitrogen and oxygen atoms in total. The van der Waals surface area contributed by atoms with Gasteiger partial charge in [0.1, 0.15) is 6.04 Å². The highest BCUT2D eigenvalue weighted by atomic mass is 16.2. The zero-order valence-electron chi connectivity index (χ0n) is 12.0. The van der Waals surface area contributed by atoms with Crippen LogP contribution in [0.3, 0.4) is 0 Å². The Bertz CT molecular complexity index is 655. The van der Waals surface area contributed by atoms with Crippen molar-refractivity contribution in [2.45, 2.75) is 32.7 Å². The van der Waals surface area contributed by atoms with Crippen molar-refractivity contribution in [3.63, 3.8) is 0 Å². The Morgan fingerprint density at radius 3 is 2.75 bits per heavy atom. The van der Waals surface area contributed by atoms with E-state index in [0.717, 1.165) is 42.5 Å². The average Bonchev–Trinajstić information content (AvgIpc) is 3.04. The summed E-state index contributed by atoms with van der Waals surface area (Å²) in [6.45, 7) is 5.64.